The Kier molecular flexibility index (Phi) is 7.99. The highest BCUT2D eigenvalue weighted by molar-refractivity contribution is 5.76. The summed E-state index contributed by atoms with van der Waals surface area (Å²) in [5.41, 5.74) is 0.917. The van der Waals surface area contributed by atoms with Gasteiger partial charge in [0.05, 0.1) is 7.11 Å². The third-order valence-electron chi connectivity index (χ3n) is 3.22. The van der Waals surface area contributed by atoms with E-state index in [0.29, 0.717) is 6.42 Å². The summed E-state index contributed by atoms with van der Waals surface area (Å²) in [6.45, 7) is 2.20. The third kappa shape index (κ3) is 6.58. The molecule has 6 heteroatoms. The molecule has 0 aliphatic carbocycles. The maximum absolute atomic E-state index is 11.8. The number of hydrogen-bond donors (Lipinski definition) is 1. The van der Waals surface area contributed by atoms with Crippen LogP contribution >= 0.6 is 0 Å². The van der Waals surface area contributed by atoms with Crippen LogP contribution in [0.15, 0.2) is 30.3 Å². The highest BCUT2D eigenvalue weighted by Gasteiger charge is 2.19. The highest BCUT2D eigenvalue weighted by Crippen LogP contribution is 2.06. The molecule has 0 bridgehead atoms. The fraction of sp³-hybridized carbons (Fsp3) is 0.500. The quantitative estimate of drug-likeness (QED) is 0.749. The first-order chi connectivity index (χ1) is 10.6. The van der Waals surface area contributed by atoms with Gasteiger partial charge in [-0.3, -0.25) is 9.63 Å². The Bertz CT molecular complexity index is 464. The number of benzene rings is 1. The molecule has 0 radical (unpaired) electrons. The lowest BCUT2D eigenvalue weighted by atomic mass is 10.1. The molecule has 2 amide bonds. The first-order valence-electron chi connectivity index (χ1n) is 7.34. The van der Waals surface area contributed by atoms with E-state index in [1.165, 1.54) is 7.11 Å². The average Bonchev–Trinajstić information content (AvgIpc) is 2.53. The first-order valence-corrected chi connectivity index (χ1v) is 7.34. The lowest BCUT2D eigenvalue weighted by molar-refractivity contribution is -0.169. The Hall–Kier alpha value is -2.08. The molecule has 0 saturated carbocycles. The predicted molar refractivity (Wildman–Crippen MR) is 82.9 cm³/mol. The van der Waals surface area contributed by atoms with Crippen LogP contribution in [-0.4, -0.2) is 37.3 Å². The Balaban J connectivity index is 2.44. The molecule has 0 aliphatic rings. The standard InChI is InChI=1S/C16H24N2O4/c1-4-8-14(11-15(19)18(2)21-3)17-16(20)22-12-13-9-6-5-7-10-13/h5-7,9-10,14H,4,8,11-12H2,1-3H3,(H,17,20)/t14-/m1/s1. The second-order valence-corrected chi connectivity index (χ2v) is 4.97. The van der Waals surface area contributed by atoms with Crippen LogP contribution in [0.4, 0.5) is 4.79 Å². The minimum Gasteiger partial charge on any atom is -0.445 e. The van der Waals surface area contributed by atoms with Crippen LogP contribution in [0.25, 0.3) is 0 Å². The number of hydroxylamine groups is 2. The van der Waals surface area contributed by atoms with Crippen molar-refractivity contribution < 1.29 is 19.2 Å². The normalized spacial score (nSPS) is 11.6. The summed E-state index contributed by atoms with van der Waals surface area (Å²) in [6, 6.07) is 9.17. The summed E-state index contributed by atoms with van der Waals surface area (Å²) < 4.78 is 5.17. The molecule has 22 heavy (non-hydrogen) atoms. The number of carbonyl (C=O) groups is 2. The van der Waals surface area contributed by atoms with Crippen LogP contribution in [0.3, 0.4) is 0 Å². The number of hydrogen-bond acceptors (Lipinski definition) is 4. The van der Waals surface area contributed by atoms with E-state index in [1.54, 1.807) is 7.05 Å². The zero-order valence-electron chi connectivity index (χ0n) is 13.4. The second-order valence-electron chi connectivity index (χ2n) is 4.97. The van der Waals surface area contributed by atoms with Gasteiger partial charge in [0.25, 0.3) is 0 Å². The molecular formula is C16H24N2O4. The van der Waals surface area contributed by atoms with E-state index >= 15 is 0 Å². The van der Waals surface area contributed by atoms with Crippen LogP contribution in [0.5, 0.6) is 0 Å². The van der Waals surface area contributed by atoms with Gasteiger partial charge < -0.3 is 10.1 Å². The lowest BCUT2D eigenvalue weighted by Crippen LogP contribution is -2.39. The molecule has 1 atom stereocenters. The van der Waals surface area contributed by atoms with E-state index in [-0.39, 0.29) is 25.0 Å². The van der Waals surface area contributed by atoms with Gasteiger partial charge in [-0.1, -0.05) is 43.7 Å². The van der Waals surface area contributed by atoms with E-state index < -0.39 is 6.09 Å². The molecule has 0 aliphatic heterocycles. The summed E-state index contributed by atoms with van der Waals surface area (Å²) in [5.74, 6) is -0.190. The van der Waals surface area contributed by atoms with Crippen molar-refractivity contribution in [1.29, 1.82) is 0 Å². The molecule has 1 aromatic rings. The summed E-state index contributed by atoms with van der Waals surface area (Å²) in [7, 11) is 2.97. The minimum absolute atomic E-state index is 0.179. The Morgan fingerprint density at radius 1 is 1.27 bits per heavy atom. The van der Waals surface area contributed by atoms with Gasteiger partial charge in [-0.25, -0.2) is 9.86 Å². The number of alkyl carbamates (subject to hydrolysis) is 1. The molecular weight excluding hydrogens is 284 g/mol. The van der Waals surface area contributed by atoms with Gasteiger partial charge in [-0.2, -0.15) is 0 Å². The largest absolute Gasteiger partial charge is 0.445 e. The fourth-order valence-corrected chi connectivity index (χ4v) is 1.95. The zero-order valence-corrected chi connectivity index (χ0v) is 13.4. The van der Waals surface area contributed by atoms with E-state index in [9.17, 15) is 9.59 Å². The van der Waals surface area contributed by atoms with Gasteiger partial charge in [-0.15, -0.1) is 0 Å². The summed E-state index contributed by atoms with van der Waals surface area (Å²) >= 11 is 0. The van der Waals surface area contributed by atoms with Crippen LogP contribution < -0.4 is 5.32 Å². The molecule has 1 N–H and O–H groups in total. The monoisotopic (exact) mass is 308 g/mol. The molecule has 0 fully saturated rings. The van der Waals surface area contributed by atoms with E-state index in [0.717, 1.165) is 17.0 Å². The topological polar surface area (TPSA) is 67.9 Å². The van der Waals surface area contributed by atoms with Gasteiger partial charge >= 0.3 is 6.09 Å². The Morgan fingerprint density at radius 2 is 1.95 bits per heavy atom. The summed E-state index contributed by atoms with van der Waals surface area (Å²) in [5, 5.41) is 3.89. The van der Waals surface area contributed by atoms with Crippen LogP contribution in [0.2, 0.25) is 0 Å². The predicted octanol–water partition coefficient (Wildman–Crippen LogP) is 2.49. The number of nitrogens with one attached hydrogen (secondary N) is 1. The van der Waals surface area contributed by atoms with Crippen molar-refractivity contribution in [3.63, 3.8) is 0 Å². The molecule has 0 spiro atoms. The molecule has 0 aromatic heterocycles. The van der Waals surface area contributed by atoms with Crippen molar-refractivity contribution in [2.24, 2.45) is 0 Å². The van der Waals surface area contributed by atoms with Crippen molar-refractivity contribution in [1.82, 2.24) is 10.4 Å². The van der Waals surface area contributed by atoms with Gasteiger partial charge in [0.2, 0.25) is 5.91 Å². The van der Waals surface area contributed by atoms with Gasteiger partial charge in [-0.05, 0) is 12.0 Å². The Labute approximate surface area is 131 Å². The van der Waals surface area contributed by atoms with Gasteiger partial charge in [0.1, 0.15) is 6.61 Å². The molecule has 0 unspecified atom stereocenters. The van der Waals surface area contributed by atoms with Crippen LogP contribution in [0.1, 0.15) is 31.7 Å². The third-order valence-corrected chi connectivity index (χ3v) is 3.22. The molecule has 6 nitrogen and oxygen atoms in total. The van der Waals surface area contributed by atoms with Gasteiger partial charge in [0, 0.05) is 19.5 Å². The first kappa shape index (κ1) is 18.0. The second kappa shape index (κ2) is 9.78. The number of rotatable bonds is 8. The number of nitrogens with zero attached hydrogens (tertiary/aromatic N) is 1. The minimum atomic E-state index is -0.518. The van der Waals surface area contributed by atoms with Crippen molar-refractivity contribution >= 4 is 12.0 Å². The molecule has 0 saturated heterocycles. The van der Waals surface area contributed by atoms with Crippen LogP contribution in [0, 0.1) is 0 Å². The fourth-order valence-electron chi connectivity index (χ4n) is 1.95. The maximum Gasteiger partial charge on any atom is 0.407 e. The average molecular weight is 308 g/mol. The Morgan fingerprint density at radius 3 is 2.55 bits per heavy atom. The van der Waals surface area contributed by atoms with Gasteiger partial charge in [0.15, 0.2) is 0 Å². The zero-order chi connectivity index (χ0) is 16.4. The molecule has 0 heterocycles. The smallest absolute Gasteiger partial charge is 0.407 e. The molecule has 122 valence electrons. The number of ether oxygens (including phenoxy) is 1. The number of amides is 2. The summed E-state index contributed by atoms with van der Waals surface area (Å²) in [6.07, 6.45) is 1.21. The highest BCUT2D eigenvalue weighted by atomic mass is 16.7. The summed E-state index contributed by atoms with van der Waals surface area (Å²) in [4.78, 5) is 28.5. The van der Waals surface area contributed by atoms with Crippen molar-refractivity contribution in [3.05, 3.63) is 35.9 Å². The molecule has 1 rings (SSSR count). The van der Waals surface area contributed by atoms with Crippen molar-refractivity contribution in [2.45, 2.75) is 38.8 Å². The van der Waals surface area contributed by atoms with Crippen molar-refractivity contribution in [2.75, 3.05) is 14.2 Å². The van der Waals surface area contributed by atoms with E-state index in [2.05, 4.69) is 5.32 Å². The molecule has 1 aromatic carbocycles. The maximum atomic E-state index is 11.8. The SMILES string of the molecule is CCC[C@H](CC(=O)N(C)OC)NC(=O)OCc1ccccc1. The van der Waals surface area contributed by atoms with E-state index in [4.69, 9.17) is 9.57 Å². The number of carbonyl (C=O) groups excluding carboxylic acids is 2. The lowest BCUT2D eigenvalue weighted by Gasteiger charge is -2.20. The van der Waals surface area contributed by atoms with E-state index in [1.807, 2.05) is 37.3 Å². The van der Waals surface area contributed by atoms with Crippen LogP contribution in [-0.2, 0) is 21.0 Å². The van der Waals surface area contributed by atoms with Crippen molar-refractivity contribution in [3.8, 4) is 0 Å².